The van der Waals surface area contributed by atoms with Crippen LogP contribution in [0.3, 0.4) is 0 Å². The van der Waals surface area contributed by atoms with Crippen molar-refractivity contribution in [2.75, 3.05) is 13.1 Å². The molecule has 2 N–H and O–H groups in total. The van der Waals surface area contributed by atoms with Crippen LogP contribution >= 0.6 is 0 Å². The molecule has 0 atom stereocenters. The van der Waals surface area contributed by atoms with Gasteiger partial charge in [0.1, 0.15) is 0 Å². The Balaban J connectivity index is 2.23. The molecule has 0 unspecified atom stereocenters. The lowest BCUT2D eigenvalue weighted by atomic mass is 9.95. The predicted octanol–water partition coefficient (Wildman–Crippen LogP) is 1.60. The van der Waals surface area contributed by atoms with Gasteiger partial charge in [-0.15, -0.1) is 0 Å². The summed E-state index contributed by atoms with van der Waals surface area (Å²) in [5.74, 6) is -0.653. The highest BCUT2D eigenvalue weighted by Crippen LogP contribution is 2.19. The first-order chi connectivity index (χ1) is 9.02. The summed E-state index contributed by atoms with van der Waals surface area (Å²) in [6, 6.07) is -0.352. The van der Waals surface area contributed by atoms with Gasteiger partial charge >= 0.3 is 12.0 Å². The fourth-order valence-corrected chi connectivity index (χ4v) is 2.21. The molecule has 1 rings (SSSR count). The second-order valence-electron chi connectivity index (χ2n) is 4.94. The Morgan fingerprint density at radius 1 is 1.21 bits per heavy atom. The van der Waals surface area contributed by atoms with Gasteiger partial charge in [-0.2, -0.15) is 0 Å². The lowest BCUT2D eigenvalue weighted by Crippen LogP contribution is -2.46. The molecule has 0 aromatic carbocycles. The number of hydrogen-bond donors (Lipinski definition) is 2. The zero-order valence-electron chi connectivity index (χ0n) is 11.4. The SMILES string of the molecule is CCC1CCN(C(=O)NC(=O)CCCC(=O)O)CC1. The van der Waals surface area contributed by atoms with Crippen LogP contribution in [0.2, 0.25) is 0 Å². The molecule has 0 bridgehead atoms. The van der Waals surface area contributed by atoms with Crippen molar-refractivity contribution in [3.8, 4) is 0 Å². The zero-order chi connectivity index (χ0) is 14.3. The van der Waals surface area contributed by atoms with Crippen LogP contribution in [0.1, 0.15) is 45.4 Å². The van der Waals surface area contributed by atoms with Gasteiger partial charge in [0.25, 0.3) is 0 Å². The third kappa shape index (κ3) is 5.72. The van der Waals surface area contributed by atoms with Gasteiger partial charge in [-0.1, -0.05) is 13.3 Å². The quantitative estimate of drug-likeness (QED) is 0.794. The second-order valence-corrected chi connectivity index (χ2v) is 4.94. The average molecular weight is 270 g/mol. The van der Waals surface area contributed by atoms with E-state index < -0.39 is 11.9 Å². The van der Waals surface area contributed by atoms with Crippen LogP contribution in [0.15, 0.2) is 0 Å². The number of carbonyl (C=O) groups is 3. The van der Waals surface area contributed by atoms with Gasteiger partial charge in [-0.05, 0) is 25.2 Å². The Morgan fingerprint density at radius 2 is 1.84 bits per heavy atom. The van der Waals surface area contributed by atoms with E-state index in [0.717, 1.165) is 19.3 Å². The van der Waals surface area contributed by atoms with Crippen molar-refractivity contribution in [2.24, 2.45) is 5.92 Å². The van der Waals surface area contributed by atoms with Crippen molar-refractivity contribution in [1.82, 2.24) is 10.2 Å². The van der Waals surface area contributed by atoms with Crippen molar-refractivity contribution in [3.05, 3.63) is 0 Å². The summed E-state index contributed by atoms with van der Waals surface area (Å²) >= 11 is 0. The van der Waals surface area contributed by atoms with Gasteiger partial charge in [0.15, 0.2) is 0 Å². The topological polar surface area (TPSA) is 86.7 Å². The maximum atomic E-state index is 11.8. The van der Waals surface area contributed by atoms with E-state index in [1.54, 1.807) is 4.90 Å². The fraction of sp³-hybridized carbons (Fsp3) is 0.769. The monoisotopic (exact) mass is 270 g/mol. The summed E-state index contributed by atoms with van der Waals surface area (Å²) in [5.41, 5.74) is 0. The Bertz CT molecular complexity index is 336. The van der Waals surface area contributed by atoms with Crippen LogP contribution in [0.25, 0.3) is 0 Å². The van der Waals surface area contributed by atoms with Crippen molar-refractivity contribution in [3.63, 3.8) is 0 Å². The summed E-state index contributed by atoms with van der Waals surface area (Å²) in [7, 11) is 0. The Hall–Kier alpha value is -1.59. The van der Waals surface area contributed by atoms with Crippen molar-refractivity contribution >= 4 is 17.9 Å². The van der Waals surface area contributed by atoms with E-state index in [4.69, 9.17) is 5.11 Å². The number of amides is 3. The van der Waals surface area contributed by atoms with Gasteiger partial charge in [-0.3, -0.25) is 14.9 Å². The lowest BCUT2D eigenvalue weighted by molar-refractivity contribution is -0.137. The molecule has 19 heavy (non-hydrogen) atoms. The maximum Gasteiger partial charge on any atom is 0.324 e. The Kier molecular flexibility index (Phi) is 6.32. The molecule has 108 valence electrons. The summed E-state index contributed by atoms with van der Waals surface area (Å²) in [6.45, 7) is 3.52. The molecule has 0 radical (unpaired) electrons. The van der Waals surface area contributed by atoms with E-state index in [0.29, 0.717) is 19.0 Å². The maximum absolute atomic E-state index is 11.8. The molecule has 0 spiro atoms. The highest BCUT2D eigenvalue weighted by Gasteiger charge is 2.22. The molecule has 0 aromatic rings. The highest BCUT2D eigenvalue weighted by molar-refractivity contribution is 5.94. The van der Waals surface area contributed by atoms with Crippen LogP contribution in [0.4, 0.5) is 4.79 Å². The number of rotatable bonds is 5. The predicted molar refractivity (Wildman–Crippen MR) is 69.6 cm³/mol. The molecule has 0 aliphatic carbocycles. The van der Waals surface area contributed by atoms with E-state index >= 15 is 0 Å². The molecule has 6 heteroatoms. The fourth-order valence-electron chi connectivity index (χ4n) is 2.21. The molecule has 1 saturated heterocycles. The highest BCUT2D eigenvalue weighted by atomic mass is 16.4. The molecular weight excluding hydrogens is 248 g/mol. The number of carboxylic acids is 1. The summed E-state index contributed by atoms with van der Waals surface area (Å²) < 4.78 is 0. The number of urea groups is 1. The molecule has 3 amide bonds. The Morgan fingerprint density at radius 3 is 2.37 bits per heavy atom. The molecular formula is C13H22N2O4. The van der Waals surface area contributed by atoms with Crippen LogP contribution in [0.5, 0.6) is 0 Å². The molecule has 0 aromatic heterocycles. The molecule has 1 fully saturated rings. The number of nitrogens with zero attached hydrogens (tertiary/aromatic N) is 1. The van der Waals surface area contributed by atoms with E-state index in [1.807, 2.05) is 0 Å². The number of hydrogen-bond acceptors (Lipinski definition) is 3. The first kappa shape index (κ1) is 15.5. The number of carbonyl (C=O) groups excluding carboxylic acids is 2. The average Bonchev–Trinajstić information content (AvgIpc) is 2.38. The number of nitrogens with one attached hydrogen (secondary N) is 1. The Labute approximate surface area is 113 Å². The molecule has 6 nitrogen and oxygen atoms in total. The minimum absolute atomic E-state index is 0.0521. The molecule has 1 aliphatic heterocycles. The zero-order valence-corrected chi connectivity index (χ0v) is 11.4. The molecule has 1 aliphatic rings. The number of likely N-dealkylation sites (tertiary alicyclic amines) is 1. The summed E-state index contributed by atoms with van der Waals surface area (Å²) in [6.07, 6.45) is 3.37. The molecule has 1 heterocycles. The van der Waals surface area contributed by atoms with E-state index in [-0.39, 0.29) is 25.3 Å². The van der Waals surface area contributed by atoms with Crippen molar-refractivity contribution in [2.45, 2.75) is 45.4 Å². The van der Waals surface area contributed by atoms with Crippen LogP contribution in [-0.2, 0) is 9.59 Å². The number of aliphatic carboxylic acids is 1. The number of piperidine rings is 1. The third-order valence-corrected chi connectivity index (χ3v) is 3.52. The molecule has 0 saturated carbocycles. The van der Waals surface area contributed by atoms with Crippen LogP contribution in [-0.4, -0.2) is 41.0 Å². The minimum atomic E-state index is -0.930. The van der Waals surface area contributed by atoms with Gasteiger partial charge in [0, 0.05) is 25.9 Å². The largest absolute Gasteiger partial charge is 0.481 e. The van der Waals surface area contributed by atoms with E-state index in [9.17, 15) is 14.4 Å². The standard InChI is InChI=1S/C13H22N2O4/c1-2-10-6-8-15(9-7-10)13(19)14-11(16)4-3-5-12(17)18/h10H,2-9H2,1H3,(H,17,18)(H,14,16,19). The van der Waals surface area contributed by atoms with Crippen molar-refractivity contribution in [1.29, 1.82) is 0 Å². The van der Waals surface area contributed by atoms with E-state index in [2.05, 4.69) is 12.2 Å². The van der Waals surface area contributed by atoms with Gasteiger partial charge < -0.3 is 10.0 Å². The summed E-state index contributed by atoms with van der Waals surface area (Å²) in [4.78, 5) is 35.2. The van der Waals surface area contributed by atoms with Gasteiger partial charge in [0.2, 0.25) is 5.91 Å². The van der Waals surface area contributed by atoms with Crippen LogP contribution in [0, 0.1) is 5.92 Å². The summed E-state index contributed by atoms with van der Waals surface area (Å²) in [5, 5.41) is 10.8. The number of imide groups is 1. The van der Waals surface area contributed by atoms with Crippen molar-refractivity contribution < 1.29 is 19.5 Å². The van der Waals surface area contributed by atoms with E-state index in [1.165, 1.54) is 0 Å². The number of carboxylic acid groups (broad SMARTS) is 1. The smallest absolute Gasteiger partial charge is 0.324 e. The van der Waals surface area contributed by atoms with Crippen LogP contribution < -0.4 is 5.32 Å². The normalized spacial score (nSPS) is 16.2. The first-order valence-electron chi connectivity index (χ1n) is 6.83. The minimum Gasteiger partial charge on any atom is -0.481 e. The van der Waals surface area contributed by atoms with Gasteiger partial charge in [-0.25, -0.2) is 4.79 Å². The lowest BCUT2D eigenvalue weighted by Gasteiger charge is -2.31. The first-order valence-corrected chi connectivity index (χ1v) is 6.83. The second kappa shape index (κ2) is 7.76. The third-order valence-electron chi connectivity index (χ3n) is 3.52. The van der Waals surface area contributed by atoms with Gasteiger partial charge in [0.05, 0.1) is 0 Å².